The zero-order valence-corrected chi connectivity index (χ0v) is 36.3. The van der Waals surface area contributed by atoms with E-state index in [1.807, 2.05) is 0 Å². The van der Waals surface area contributed by atoms with Gasteiger partial charge in [0.05, 0.1) is 98.9 Å². The maximum absolute atomic E-state index is 13.9. The third kappa shape index (κ3) is 15.2. The molecule has 9 amide bonds. The minimum absolute atomic E-state index is 0.128. The summed E-state index contributed by atoms with van der Waals surface area (Å²) in [5.74, 6) is -3.33. The van der Waals surface area contributed by atoms with Crippen LogP contribution in [0.15, 0.2) is 36.5 Å². The number of carbonyl (C=O) groups is 9. The first-order chi connectivity index (χ1) is 30.1. The molecule has 0 aromatic heterocycles. The van der Waals surface area contributed by atoms with Crippen LogP contribution < -0.4 is 16.0 Å². The van der Waals surface area contributed by atoms with Gasteiger partial charge in [0.2, 0.25) is 17.7 Å². The number of nitrogens with one attached hydrogen (secondary N) is 3. The summed E-state index contributed by atoms with van der Waals surface area (Å²) in [5.41, 5.74) is -3.41. The van der Waals surface area contributed by atoms with Gasteiger partial charge in [0.15, 0.2) is 0 Å². The van der Waals surface area contributed by atoms with Crippen molar-refractivity contribution < 1.29 is 71.6 Å². The molecule has 3 aliphatic heterocycles. The molecule has 0 saturated heterocycles. The highest BCUT2D eigenvalue weighted by molar-refractivity contribution is 6.14. The van der Waals surface area contributed by atoms with Gasteiger partial charge in [-0.1, -0.05) is 20.8 Å². The molecule has 63 heavy (non-hydrogen) atoms. The molecule has 1 saturated carbocycles. The Morgan fingerprint density at radius 1 is 0.397 bits per heavy atom. The summed E-state index contributed by atoms with van der Waals surface area (Å²) in [6.45, 7) is 8.26. The topological polar surface area (TPSA) is 255 Å². The first kappa shape index (κ1) is 50.5. The molecule has 3 heterocycles. The first-order valence-corrected chi connectivity index (χ1v) is 21.0. The highest BCUT2D eigenvalue weighted by atomic mass is 16.5. The van der Waals surface area contributed by atoms with Gasteiger partial charge >= 0.3 is 0 Å². The summed E-state index contributed by atoms with van der Waals surface area (Å²) in [4.78, 5) is 115. The van der Waals surface area contributed by atoms with Crippen LogP contribution in [0.5, 0.6) is 0 Å². The Balaban J connectivity index is 1.20. The van der Waals surface area contributed by atoms with Gasteiger partial charge in [-0.05, 0) is 19.3 Å². The molecule has 1 aliphatic carbocycles. The van der Waals surface area contributed by atoms with Crippen molar-refractivity contribution >= 4 is 53.2 Å². The molecule has 0 unspecified atom stereocenters. The van der Waals surface area contributed by atoms with Crippen LogP contribution in [0.25, 0.3) is 0 Å². The second-order valence-electron chi connectivity index (χ2n) is 16.1. The van der Waals surface area contributed by atoms with Crippen molar-refractivity contribution in [3.05, 3.63) is 36.5 Å². The standard InChI is InChI=1S/C42H60N6O15/c1-40(37(55)43-10-16-58-22-25-61-19-13-46-31(49)4-5-32(46)50)28-41(2,38(56)44-11-17-59-23-26-62-20-14-47-33(51)6-7-34(47)52)30-42(3,29-40)39(57)45-12-18-60-24-27-63-21-15-48-35(53)8-9-36(48)54/h4-9H,10-30H2,1-3H3,(H,43,55)(H,44,56)(H,45,57). The first-order valence-electron chi connectivity index (χ1n) is 21.0. The van der Waals surface area contributed by atoms with Crippen molar-refractivity contribution in [2.75, 3.05) is 119 Å². The van der Waals surface area contributed by atoms with E-state index in [-0.39, 0.29) is 191 Å². The molecule has 4 rings (SSSR count). The molecule has 21 nitrogen and oxygen atoms in total. The molecule has 21 heteroatoms. The largest absolute Gasteiger partial charge is 0.377 e. The quantitative estimate of drug-likeness (QED) is 0.0543. The second kappa shape index (κ2) is 24.6. The smallest absolute Gasteiger partial charge is 0.253 e. The van der Waals surface area contributed by atoms with E-state index in [9.17, 15) is 43.2 Å². The maximum atomic E-state index is 13.9. The van der Waals surface area contributed by atoms with E-state index in [0.717, 1.165) is 14.7 Å². The molecule has 0 aromatic rings. The van der Waals surface area contributed by atoms with E-state index in [1.165, 1.54) is 36.5 Å². The molecular weight excluding hydrogens is 828 g/mol. The van der Waals surface area contributed by atoms with Crippen LogP contribution in [0.2, 0.25) is 0 Å². The van der Waals surface area contributed by atoms with Crippen molar-refractivity contribution in [2.45, 2.75) is 40.0 Å². The van der Waals surface area contributed by atoms with Crippen LogP contribution in [0.3, 0.4) is 0 Å². The lowest BCUT2D eigenvalue weighted by atomic mass is 9.53. The average Bonchev–Trinajstić information content (AvgIpc) is 3.86. The minimum Gasteiger partial charge on any atom is -0.377 e. The lowest BCUT2D eigenvalue weighted by Gasteiger charge is -2.50. The molecule has 3 N–H and O–H groups in total. The van der Waals surface area contributed by atoms with E-state index in [4.69, 9.17) is 28.4 Å². The fraction of sp³-hybridized carbons (Fsp3) is 0.643. The van der Waals surface area contributed by atoms with Gasteiger partial charge in [-0.15, -0.1) is 0 Å². The highest BCUT2D eigenvalue weighted by Gasteiger charge is 2.57. The second-order valence-corrected chi connectivity index (χ2v) is 16.1. The Hall–Kier alpha value is -5.19. The van der Waals surface area contributed by atoms with Gasteiger partial charge < -0.3 is 44.4 Å². The summed E-state index contributed by atoms with van der Waals surface area (Å²) in [6.07, 6.45) is 7.69. The molecule has 4 aliphatic rings. The van der Waals surface area contributed by atoms with Crippen LogP contribution in [0.1, 0.15) is 40.0 Å². The van der Waals surface area contributed by atoms with Crippen LogP contribution >= 0.6 is 0 Å². The number of imide groups is 3. The lowest BCUT2D eigenvalue weighted by Crippen LogP contribution is -2.58. The summed E-state index contributed by atoms with van der Waals surface area (Å²) in [7, 11) is 0. The molecule has 0 aromatic carbocycles. The Bertz CT molecular complexity index is 1520. The molecule has 348 valence electrons. The summed E-state index contributed by atoms with van der Waals surface area (Å²) >= 11 is 0. The zero-order valence-electron chi connectivity index (χ0n) is 36.3. The molecular formula is C42H60N6O15. The Labute approximate surface area is 366 Å². The van der Waals surface area contributed by atoms with Gasteiger partial charge in [-0.3, -0.25) is 57.9 Å². The average molecular weight is 889 g/mol. The van der Waals surface area contributed by atoms with Crippen molar-refractivity contribution in [2.24, 2.45) is 16.2 Å². The summed E-state index contributed by atoms with van der Waals surface area (Å²) < 4.78 is 33.1. The SMILES string of the molecule is CC1(C(=O)NCCOCCOCCN2C(=O)C=CC2=O)CC(C)(C(=O)NCCOCCOCCN2C(=O)C=CC2=O)CC(C)(C(=O)NCCOCCOCCN2C(=O)C=CC2=O)C1. The van der Waals surface area contributed by atoms with Crippen molar-refractivity contribution in [1.29, 1.82) is 0 Å². The van der Waals surface area contributed by atoms with Gasteiger partial charge in [0, 0.05) is 72.3 Å². The number of rotatable bonds is 30. The molecule has 1 fully saturated rings. The van der Waals surface area contributed by atoms with Crippen molar-refractivity contribution in [1.82, 2.24) is 30.7 Å². The van der Waals surface area contributed by atoms with E-state index in [0.29, 0.717) is 0 Å². The number of ether oxygens (including phenoxy) is 6. The van der Waals surface area contributed by atoms with Crippen LogP contribution in [0.4, 0.5) is 0 Å². The predicted octanol–water partition coefficient (Wildman–Crippen LogP) is -1.59. The number of hydrogen-bond acceptors (Lipinski definition) is 15. The van der Waals surface area contributed by atoms with E-state index in [1.54, 1.807) is 20.8 Å². The molecule has 0 bridgehead atoms. The maximum Gasteiger partial charge on any atom is 0.253 e. The van der Waals surface area contributed by atoms with Crippen LogP contribution in [-0.4, -0.2) is 186 Å². The monoisotopic (exact) mass is 888 g/mol. The fourth-order valence-corrected chi connectivity index (χ4v) is 7.99. The van der Waals surface area contributed by atoms with Crippen LogP contribution in [-0.2, 0) is 71.6 Å². The number of nitrogens with zero attached hydrogens (tertiary/aromatic N) is 3. The molecule has 0 spiro atoms. The summed E-state index contributed by atoms with van der Waals surface area (Å²) in [5, 5.41) is 8.70. The highest BCUT2D eigenvalue weighted by Crippen LogP contribution is 2.54. The molecule has 0 radical (unpaired) electrons. The van der Waals surface area contributed by atoms with E-state index >= 15 is 0 Å². The predicted molar refractivity (Wildman–Crippen MR) is 220 cm³/mol. The third-order valence-corrected chi connectivity index (χ3v) is 10.8. The summed E-state index contributed by atoms with van der Waals surface area (Å²) in [6, 6.07) is 0. The number of hydrogen-bond donors (Lipinski definition) is 3. The third-order valence-electron chi connectivity index (χ3n) is 10.8. The number of amides is 9. The lowest BCUT2D eigenvalue weighted by molar-refractivity contribution is -0.154. The fourth-order valence-electron chi connectivity index (χ4n) is 7.99. The van der Waals surface area contributed by atoms with E-state index < -0.39 is 16.2 Å². The van der Waals surface area contributed by atoms with E-state index in [2.05, 4.69) is 16.0 Å². The minimum atomic E-state index is -1.14. The molecule has 0 atom stereocenters. The van der Waals surface area contributed by atoms with Gasteiger partial charge in [-0.25, -0.2) is 0 Å². The van der Waals surface area contributed by atoms with Gasteiger partial charge in [-0.2, -0.15) is 0 Å². The van der Waals surface area contributed by atoms with Crippen LogP contribution in [0, 0.1) is 16.2 Å². The Morgan fingerprint density at radius 3 is 0.825 bits per heavy atom. The zero-order chi connectivity index (χ0) is 45.9. The Morgan fingerprint density at radius 2 is 0.603 bits per heavy atom. The Kier molecular flexibility index (Phi) is 19.7. The van der Waals surface area contributed by atoms with Crippen molar-refractivity contribution in [3.8, 4) is 0 Å². The normalized spacial score (nSPS) is 23.2. The van der Waals surface area contributed by atoms with Crippen molar-refractivity contribution in [3.63, 3.8) is 0 Å². The van der Waals surface area contributed by atoms with Gasteiger partial charge in [0.1, 0.15) is 0 Å². The van der Waals surface area contributed by atoms with Gasteiger partial charge in [0.25, 0.3) is 35.4 Å². The number of carbonyl (C=O) groups excluding carboxylic acids is 9.